The zero-order valence-corrected chi connectivity index (χ0v) is 12.4. The SMILES string of the molecule is Cc1cc(C(=O)N(C)C(C)c2ccc(O)cc2)ccc1O. The van der Waals surface area contributed by atoms with E-state index in [4.69, 9.17) is 0 Å². The molecule has 4 nitrogen and oxygen atoms in total. The van der Waals surface area contributed by atoms with E-state index >= 15 is 0 Å². The molecule has 2 aromatic rings. The van der Waals surface area contributed by atoms with Crippen molar-refractivity contribution in [3.05, 3.63) is 59.2 Å². The van der Waals surface area contributed by atoms with E-state index in [0.717, 1.165) is 5.56 Å². The number of carbonyl (C=O) groups excluding carboxylic acids is 1. The van der Waals surface area contributed by atoms with Crippen LogP contribution in [-0.4, -0.2) is 28.1 Å². The molecule has 0 radical (unpaired) electrons. The summed E-state index contributed by atoms with van der Waals surface area (Å²) in [6, 6.07) is 11.5. The lowest BCUT2D eigenvalue weighted by Crippen LogP contribution is -2.29. The predicted molar refractivity (Wildman–Crippen MR) is 81.5 cm³/mol. The van der Waals surface area contributed by atoms with Crippen molar-refractivity contribution in [1.29, 1.82) is 0 Å². The van der Waals surface area contributed by atoms with E-state index in [1.807, 2.05) is 6.92 Å². The fraction of sp³-hybridized carbons (Fsp3) is 0.235. The number of aromatic hydroxyl groups is 2. The van der Waals surface area contributed by atoms with Gasteiger partial charge in [0.15, 0.2) is 0 Å². The van der Waals surface area contributed by atoms with Crippen LogP contribution in [0.5, 0.6) is 11.5 Å². The van der Waals surface area contributed by atoms with Crippen molar-refractivity contribution in [1.82, 2.24) is 4.90 Å². The molecular weight excluding hydrogens is 266 g/mol. The summed E-state index contributed by atoms with van der Waals surface area (Å²) < 4.78 is 0. The van der Waals surface area contributed by atoms with Crippen molar-refractivity contribution < 1.29 is 15.0 Å². The summed E-state index contributed by atoms with van der Waals surface area (Å²) in [7, 11) is 1.74. The highest BCUT2D eigenvalue weighted by Crippen LogP contribution is 2.24. The minimum atomic E-state index is -0.118. The van der Waals surface area contributed by atoms with Crippen molar-refractivity contribution in [3.8, 4) is 11.5 Å². The smallest absolute Gasteiger partial charge is 0.254 e. The van der Waals surface area contributed by atoms with Gasteiger partial charge in [-0.2, -0.15) is 0 Å². The summed E-state index contributed by atoms with van der Waals surface area (Å²) in [5.74, 6) is 0.272. The van der Waals surface area contributed by atoms with Crippen LogP contribution in [0, 0.1) is 6.92 Å². The van der Waals surface area contributed by atoms with Crippen molar-refractivity contribution in [2.24, 2.45) is 0 Å². The Balaban J connectivity index is 2.21. The summed E-state index contributed by atoms with van der Waals surface area (Å²) in [4.78, 5) is 14.1. The van der Waals surface area contributed by atoms with Gasteiger partial charge in [0.2, 0.25) is 0 Å². The Hall–Kier alpha value is -2.49. The second-order valence-corrected chi connectivity index (χ2v) is 5.18. The lowest BCUT2D eigenvalue weighted by Gasteiger charge is -2.25. The Morgan fingerprint density at radius 1 is 1.10 bits per heavy atom. The normalized spacial score (nSPS) is 12.0. The fourth-order valence-electron chi connectivity index (χ4n) is 2.14. The topological polar surface area (TPSA) is 60.8 Å². The third-order valence-corrected chi connectivity index (χ3v) is 3.72. The number of amides is 1. The molecule has 1 amide bonds. The maximum absolute atomic E-state index is 12.5. The van der Waals surface area contributed by atoms with Crippen molar-refractivity contribution in [2.45, 2.75) is 19.9 Å². The number of rotatable bonds is 3. The number of phenols is 2. The molecule has 0 saturated carbocycles. The van der Waals surface area contributed by atoms with Crippen LogP contribution in [-0.2, 0) is 0 Å². The largest absolute Gasteiger partial charge is 0.508 e. The summed E-state index contributed by atoms with van der Waals surface area (Å²) in [5.41, 5.74) is 2.16. The van der Waals surface area contributed by atoms with E-state index in [-0.39, 0.29) is 23.4 Å². The Labute approximate surface area is 124 Å². The lowest BCUT2D eigenvalue weighted by molar-refractivity contribution is 0.0742. The van der Waals surface area contributed by atoms with Gasteiger partial charge in [-0.25, -0.2) is 0 Å². The first-order valence-corrected chi connectivity index (χ1v) is 6.76. The molecule has 0 heterocycles. The van der Waals surface area contributed by atoms with Crippen LogP contribution in [0.3, 0.4) is 0 Å². The molecular formula is C17H19NO3. The summed E-state index contributed by atoms with van der Waals surface area (Å²) >= 11 is 0. The summed E-state index contributed by atoms with van der Waals surface area (Å²) in [5, 5.41) is 18.8. The van der Waals surface area contributed by atoms with E-state index in [9.17, 15) is 15.0 Å². The Kier molecular flexibility index (Phi) is 4.17. The highest BCUT2D eigenvalue weighted by atomic mass is 16.3. The highest BCUT2D eigenvalue weighted by molar-refractivity contribution is 5.94. The van der Waals surface area contributed by atoms with Gasteiger partial charge in [-0.05, 0) is 55.3 Å². The molecule has 1 unspecified atom stereocenters. The van der Waals surface area contributed by atoms with E-state index in [1.165, 1.54) is 6.07 Å². The first-order chi connectivity index (χ1) is 9.90. The van der Waals surface area contributed by atoms with Crippen LogP contribution in [0.1, 0.15) is 34.5 Å². The highest BCUT2D eigenvalue weighted by Gasteiger charge is 2.19. The Morgan fingerprint density at radius 3 is 2.29 bits per heavy atom. The standard InChI is InChI=1S/C17H19NO3/c1-11-10-14(6-9-16(11)20)17(21)18(3)12(2)13-4-7-15(19)8-5-13/h4-10,12,19-20H,1-3H3. The van der Waals surface area contributed by atoms with Crippen LogP contribution in [0.25, 0.3) is 0 Å². The van der Waals surface area contributed by atoms with Crippen LogP contribution in [0.15, 0.2) is 42.5 Å². The van der Waals surface area contributed by atoms with Gasteiger partial charge in [0.1, 0.15) is 11.5 Å². The zero-order chi connectivity index (χ0) is 15.6. The number of hydrogen-bond donors (Lipinski definition) is 2. The third kappa shape index (κ3) is 3.16. The quantitative estimate of drug-likeness (QED) is 0.910. The van der Waals surface area contributed by atoms with E-state index < -0.39 is 0 Å². The molecule has 1 atom stereocenters. The van der Waals surface area contributed by atoms with Crippen molar-refractivity contribution >= 4 is 5.91 Å². The monoisotopic (exact) mass is 285 g/mol. The van der Waals surface area contributed by atoms with Gasteiger partial charge < -0.3 is 15.1 Å². The molecule has 0 fully saturated rings. The molecule has 0 spiro atoms. The maximum Gasteiger partial charge on any atom is 0.254 e. The number of aryl methyl sites for hydroxylation is 1. The van der Waals surface area contributed by atoms with Gasteiger partial charge in [-0.3, -0.25) is 4.79 Å². The van der Waals surface area contributed by atoms with Crippen molar-refractivity contribution in [2.75, 3.05) is 7.05 Å². The third-order valence-electron chi connectivity index (χ3n) is 3.72. The average Bonchev–Trinajstić information content (AvgIpc) is 2.48. The molecule has 0 saturated heterocycles. The van der Waals surface area contributed by atoms with E-state index in [2.05, 4.69) is 0 Å². The molecule has 2 aromatic carbocycles. The first kappa shape index (κ1) is 14.9. The molecule has 0 aliphatic rings. The van der Waals surface area contributed by atoms with E-state index in [1.54, 1.807) is 55.3 Å². The van der Waals surface area contributed by atoms with Crippen molar-refractivity contribution in [3.63, 3.8) is 0 Å². The lowest BCUT2D eigenvalue weighted by atomic mass is 10.0. The average molecular weight is 285 g/mol. The molecule has 0 aromatic heterocycles. The van der Waals surface area contributed by atoms with E-state index in [0.29, 0.717) is 11.1 Å². The molecule has 0 aliphatic heterocycles. The summed E-state index contributed by atoms with van der Waals surface area (Å²) in [6.45, 7) is 3.69. The molecule has 2 N–H and O–H groups in total. The number of hydrogen-bond acceptors (Lipinski definition) is 3. The van der Waals surface area contributed by atoms with Gasteiger partial charge in [-0.15, -0.1) is 0 Å². The number of carbonyl (C=O) groups is 1. The minimum absolute atomic E-state index is 0.112. The number of nitrogens with zero attached hydrogens (tertiary/aromatic N) is 1. The Morgan fingerprint density at radius 2 is 1.71 bits per heavy atom. The van der Waals surface area contributed by atoms with Crippen LogP contribution in [0.4, 0.5) is 0 Å². The number of phenolic OH excluding ortho intramolecular Hbond substituents is 2. The van der Waals surface area contributed by atoms with Gasteiger partial charge in [0, 0.05) is 12.6 Å². The molecule has 4 heteroatoms. The van der Waals surface area contributed by atoms with Crippen LogP contribution >= 0.6 is 0 Å². The maximum atomic E-state index is 12.5. The molecule has 0 aliphatic carbocycles. The van der Waals surface area contributed by atoms with Crippen LogP contribution in [0.2, 0.25) is 0 Å². The minimum Gasteiger partial charge on any atom is -0.508 e. The molecule has 21 heavy (non-hydrogen) atoms. The second-order valence-electron chi connectivity index (χ2n) is 5.18. The summed E-state index contributed by atoms with van der Waals surface area (Å²) in [6.07, 6.45) is 0. The molecule has 110 valence electrons. The van der Waals surface area contributed by atoms with Gasteiger partial charge >= 0.3 is 0 Å². The molecule has 2 rings (SSSR count). The van der Waals surface area contributed by atoms with Gasteiger partial charge in [0.05, 0.1) is 6.04 Å². The molecule has 0 bridgehead atoms. The van der Waals surface area contributed by atoms with Gasteiger partial charge in [-0.1, -0.05) is 12.1 Å². The first-order valence-electron chi connectivity index (χ1n) is 6.76. The fourth-order valence-corrected chi connectivity index (χ4v) is 2.14. The number of benzene rings is 2. The Bertz CT molecular complexity index is 650. The van der Waals surface area contributed by atoms with Gasteiger partial charge in [0.25, 0.3) is 5.91 Å². The van der Waals surface area contributed by atoms with Crippen LogP contribution < -0.4 is 0 Å². The second kappa shape index (κ2) is 5.87. The predicted octanol–water partition coefficient (Wildman–Crippen LogP) is 3.24. The zero-order valence-electron chi connectivity index (χ0n) is 12.4.